The molecule has 0 aliphatic rings. The Morgan fingerprint density at radius 1 is 1.79 bits per heavy atom. The fourth-order valence-corrected chi connectivity index (χ4v) is 1.05. The van der Waals surface area contributed by atoms with Crippen molar-refractivity contribution in [2.45, 2.75) is 26.3 Å². The first-order chi connectivity index (χ1) is 6.67. The number of nitrogens with zero attached hydrogens (tertiary/aromatic N) is 1. The van der Waals surface area contributed by atoms with E-state index in [2.05, 4.69) is 10.5 Å². The number of nitrogens with one attached hydrogen (secondary N) is 1. The van der Waals surface area contributed by atoms with Crippen LogP contribution >= 0.6 is 0 Å². The van der Waals surface area contributed by atoms with Gasteiger partial charge in [-0.3, -0.25) is 4.79 Å². The first-order valence-electron chi connectivity index (χ1n) is 4.61. The molecule has 1 rings (SSSR count). The summed E-state index contributed by atoms with van der Waals surface area (Å²) in [4.78, 5) is 11.5. The second-order valence-corrected chi connectivity index (χ2v) is 3.15. The fourth-order valence-electron chi connectivity index (χ4n) is 1.05. The monoisotopic (exact) mass is 197 g/mol. The zero-order valence-corrected chi connectivity index (χ0v) is 8.41. The lowest BCUT2D eigenvalue weighted by Gasteiger charge is -2.12. The number of aryl methyl sites for hydroxylation is 1. The Bertz CT molecular complexity index is 305. The summed E-state index contributed by atoms with van der Waals surface area (Å²) in [6, 6.07) is 1.59. The molecular weight excluding hydrogens is 182 g/mol. The minimum absolute atomic E-state index is 0.00657. The van der Waals surface area contributed by atoms with Gasteiger partial charge in [0, 0.05) is 18.7 Å². The van der Waals surface area contributed by atoms with E-state index in [-0.39, 0.29) is 17.7 Å². The van der Waals surface area contributed by atoms with Crippen molar-refractivity contribution in [1.29, 1.82) is 0 Å². The molecule has 0 radical (unpaired) electrons. The largest absolute Gasteiger partial charge is 0.351 e. The average Bonchev–Trinajstić information content (AvgIpc) is 2.61. The van der Waals surface area contributed by atoms with Gasteiger partial charge in [0.1, 0.15) is 0 Å². The number of amides is 1. The van der Waals surface area contributed by atoms with Crippen LogP contribution in [0.15, 0.2) is 10.6 Å². The summed E-state index contributed by atoms with van der Waals surface area (Å²) in [5.74, 6) is -0.0303. The number of nitrogens with two attached hydrogens (primary N) is 1. The van der Waals surface area contributed by atoms with Crippen molar-refractivity contribution in [2.75, 3.05) is 6.54 Å². The maximum Gasteiger partial charge on any atom is 0.290 e. The minimum atomic E-state index is -0.261. The third-order valence-electron chi connectivity index (χ3n) is 1.96. The van der Waals surface area contributed by atoms with Gasteiger partial charge in [-0.2, -0.15) is 0 Å². The summed E-state index contributed by atoms with van der Waals surface area (Å²) < 4.78 is 4.81. The highest BCUT2D eigenvalue weighted by atomic mass is 16.5. The molecule has 5 heteroatoms. The Balaban J connectivity index is 2.58. The number of aromatic nitrogens is 1. The molecule has 0 spiro atoms. The highest BCUT2D eigenvalue weighted by Crippen LogP contribution is 2.02. The first-order valence-corrected chi connectivity index (χ1v) is 4.61. The predicted octanol–water partition coefficient (Wildman–Crippen LogP) is 0.450. The lowest BCUT2D eigenvalue weighted by molar-refractivity contribution is 0.0900. The van der Waals surface area contributed by atoms with Gasteiger partial charge in [-0.15, -0.1) is 0 Å². The van der Waals surface area contributed by atoms with Crippen LogP contribution in [-0.4, -0.2) is 23.7 Å². The van der Waals surface area contributed by atoms with Gasteiger partial charge in [-0.1, -0.05) is 12.1 Å². The molecular formula is C9H15N3O2. The molecule has 1 aromatic rings. The molecule has 14 heavy (non-hydrogen) atoms. The molecule has 0 bridgehead atoms. The number of carbonyl (C=O) groups is 1. The zero-order valence-electron chi connectivity index (χ0n) is 8.41. The van der Waals surface area contributed by atoms with E-state index < -0.39 is 0 Å². The molecule has 0 aliphatic carbocycles. The molecule has 1 unspecified atom stereocenters. The molecule has 1 aromatic heterocycles. The second-order valence-electron chi connectivity index (χ2n) is 3.15. The maximum atomic E-state index is 11.5. The maximum absolute atomic E-state index is 11.5. The van der Waals surface area contributed by atoms with Crippen molar-refractivity contribution in [3.63, 3.8) is 0 Å². The number of hydrogen-bond donors (Lipinski definition) is 2. The van der Waals surface area contributed by atoms with Crippen LogP contribution in [0.3, 0.4) is 0 Å². The van der Waals surface area contributed by atoms with Gasteiger partial charge in [-0.25, -0.2) is 0 Å². The normalized spacial score (nSPS) is 12.5. The van der Waals surface area contributed by atoms with Gasteiger partial charge in [0.2, 0.25) is 5.76 Å². The summed E-state index contributed by atoms with van der Waals surface area (Å²) in [6.07, 6.45) is 0.801. The highest BCUT2D eigenvalue weighted by Gasteiger charge is 2.14. The van der Waals surface area contributed by atoms with Gasteiger partial charge < -0.3 is 15.6 Å². The lowest BCUT2D eigenvalue weighted by atomic mass is 10.2. The Morgan fingerprint density at radius 3 is 2.93 bits per heavy atom. The van der Waals surface area contributed by atoms with Gasteiger partial charge in [0.05, 0.1) is 5.69 Å². The summed E-state index contributed by atoms with van der Waals surface area (Å²) in [5.41, 5.74) is 6.14. The van der Waals surface area contributed by atoms with Crippen molar-refractivity contribution >= 4 is 5.91 Å². The SMILES string of the molecule is CCC(CN)NC(=O)c1cc(C)no1. The molecule has 1 amide bonds. The number of rotatable bonds is 4. The Morgan fingerprint density at radius 2 is 2.50 bits per heavy atom. The molecule has 5 nitrogen and oxygen atoms in total. The van der Waals surface area contributed by atoms with Gasteiger partial charge in [0.25, 0.3) is 5.91 Å². The molecule has 0 aliphatic heterocycles. The summed E-state index contributed by atoms with van der Waals surface area (Å²) in [5, 5.41) is 6.38. The second kappa shape index (κ2) is 4.76. The predicted molar refractivity (Wildman–Crippen MR) is 51.8 cm³/mol. The average molecular weight is 197 g/mol. The van der Waals surface area contributed by atoms with Gasteiger partial charge in [-0.05, 0) is 13.3 Å². The van der Waals surface area contributed by atoms with Gasteiger partial charge >= 0.3 is 0 Å². The first kappa shape index (κ1) is 10.7. The molecule has 0 aromatic carbocycles. The van der Waals surface area contributed by atoms with E-state index in [4.69, 9.17) is 10.3 Å². The Kier molecular flexibility index (Phi) is 3.64. The van der Waals surface area contributed by atoms with Crippen molar-refractivity contribution in [3.05, 3.63) is 17.5 Å². The third kappa shape index (κ3) is 2.56. The van der Waals surface area contributed by atoms with E-state index in [1.54, 1.807) is 13.0 Å². The van der Waals surface area contributed by atoms with Crippen LogP contribution in [0.5, 0.6) is 0 Å². The quantitative estimate of drug-likeness (QED) is 0.734. The Hall–Kier alpha value is -1.36. The van der Waals surface area contributed by atoms with Gasteiger partial charge in [0.15, 0.2) is 0 Å². The highest BCUT2D eigenvalue weighted by molar-refractivity contribution is 5.91. The molecule has 3 N–H and O–H groups in total. The molecule has 0 fully saturated rings. The minimum Gasteiger partial charge on any atom is -0.351 e. The van der Waals surface area contributed by atoms with E-state index in [0.717, 1.165) is 6.42 Å². The number of hydrogen-bond acceptors (Lipinski definition) is 4. The van der Waals surface area contributed by atoms with E-state index >= 15 is 0 Å². The standard InChI is InChI=1S/C9H15N3O2/c1-3-7(5-10)11-9(13)8-4-6(2)12-14-8/h4,7H,3,5,10H2,1-2H3,(H,11,13). The van der Waals surface area contributed by atoms with E-state index in [1.165, 1.54) is 0 Å². The van der Waals surface area contributed by atoms with Crippen LogP contribution in [0.25, 0.3) is 0 Å². The van der Waals surface area contributed by atoms with Crippen molar-refractivity contribution in [1.82, 2.24) is 10.5 Å². The van der Waals surface area contributed by atoms with Crippen LogP contribution in [0.1, 0.15) is 29.6 Å². The van der Waals surface area contributed by atoms with Crippen molar-refractivity contribution in [2.24, 2.45) is 5.73 Å². The molecule has 1 atom stereocenters. The molecule has 0 saturated heterocycles. The molecule has 78 valence electrons. The smallest absolute Gasteiger partial charge is 0.290 e. The van der Waals surface area contributed by atoms with E-state index in [1.807, 2.05) is 6.92 Å². The summed E-state index contributed by atoms with van der Waals surface area (Å²) in [7, 11) is 0. The number of carbonyl (C=O) groups excluding carboxylic acids is 1. The Labute approximate surface area is 82.6 Å². The zero-order chi connectivity index (χ0) is 10.6. The van der Waals surface area contributed by atoms with Crippen LogP contribution in [0, 0.1) is 6.92 Å². The molecule has 1 heterocycles. The summed E-state index contributed by atoms with van der Waals surface area (Å²) >= 11 is 0. The van der Waals surface area contributed by atoms with E-state index in [0.29, 0.717) is 12.2 Å². The van der Waals surface area contributed by atoms with Crippen LogP contribution in [-0.2, 0) is 0 Å². The van der Waals surface area contributed by atoms with E-state index in [9.17, 15) is 4.79 Å². The third-order valence-corrected chi connectivity index (χ3v) is 1.96. The van der Waals surface area contributed by atoms with Crippen molar-refractivity contribution < 1.29 is 9.32 Å². The van der Waals surface area contributed by atoms with Crippen molar-refractivity contribution in [3.8, 4) is 0 Å². The summed E-state index contributed by atoms with van der Waals surface area (Å²) in [6.45, 7) is 4.15. The lowest BCUT2D eigenvalue weighted by Crippen LogP contribution is -2.39. The molecule has 0 saturated carbocycles. The van der Waals surface area contributed by atoms with Crippen LogP contribution in [0.4, 0.5) is 0 Å². The fraction of sp³-hybridized carbons (Fsp3) is 0.556. The van der Waals surface area contributed by atoms with Crippen LogP contribution in [0.2, 0.25) is 0 Å². The van der Waals surface area contributed by atoms with Crippen LogP contribution < -0.4 is 11.1 Å². The topological polar surface area (TPSA) is 81.1 Å².